The van der Waals surface area contributed by atoms with E-state index in [1.54, 1.807) is 7.11 Å². The molecule has 0 rings (SSSR count). The van der Waals surface area contributed by atoms with Gasteiger partial charge in [0.25, 0.3) is 0 Å². The van der Waals surface area contributed by atoms with Gasteiger partial charge in [-0.3, -0.25) is 4.79 Å². The van der Waals surface area contributed by atoms with Crippen LogP contribution in [0.1, 0.15) is 34.1 Å². The Bertz CT molecular complexity index is 200. The van der Waals surface area contributed by atoms with E-state index in [2.05, 4.69) is 26.1 Å². The highest BCUT2D eigenvalue weighted by molar-refractivity contribution is 5.76. The van der Waals surface area contributed by atoms with E-state index in [9.17, 15) is 4.79 Å². The van der Waals surface area contributed by atoms with Crippen molar-refractivity contribution < 1.29 is 9.53 Å². The molecule has 4 heteroatoms. The molecule has 0 heterocycles. The van der Waals surface area contributed by atoms with E-state index in [1.807, 2.05) is 11.8 Å². The van der Waals surface area contributed by atoms with Gasteiger partial charge in [-0.05, 0) is 27.7 Å². The van der Waals surface area contributed by atoms with Crippen LogP contribution < -0.4 is 5.32 Å². The number of hydrogen-bond donors (Lipinski definition) is 1. The molecular formula is C12H26N2O2. The number of ether oxygens (including phenoxy) is 1. The van der Waals surface area contributed by atoms with Crippen molar-refractivity contribution in [2.45, 2.75) is 39.7 Å². The minimum Gasteiger partial charge on any atom is -0.383 e. The van der Waals surface area contributed by atoms with E-state index in [4.69, 9.17) is 4.74 Å². The molecule has 0 aliphatic carbocycles. The predicted octanol–water partition coefficient (Wildman–Crippen LogP) is 1.26. The molecule has 0 aromatic rings. The summed E-state index contributed by atoms with van der Waals surface area (Å²) in [5, 5.41) is 3.31. The molecule has 0 aliphatic rings. The Morgan fingerprint density at radius 1 is 1.38 bits per heavy atom. The lowest BCUT2D eigenvalue weighted by molar-refractivity contribution is -0.131. The highest BCUT2D eigenvalue weighted by atomic mass is 16.5. The maximum atomic E-state index is 11.8. The minimum absolute atomic E-state index is 0.0733. The van der Waals surface area contributed by atoms with Crippen molar-refractivity contribution in [3.05, 3.63) is 0 Å². The van der Waals surface area contributed by atoms with E-state index in [1.165, 1.54) is 0 Å². The van der Waals surface area contributed by atoms with Crippen LogP contribution in [0.4, 0.5) is 0 Å². The molecule has 0 aromatic carbocycles. The molecule has 4 nitrogen and oxygen atoms in total. The van der Waals surface area contributed by atoms with Crippen molar-refractivity contribution in [2.24, 2.45) is 0 Å². The highest BCUT2D eigenvalue weighted by Gasteiger charge is 2.13. The maximum Gasteiger partial charge on any atom is 0.223 e. The Labute approximate surface area is 99.3 Å². The molecule has 0 unspecified atom stereocenters. The van der Waals surface area contributed by atoms with Gasteiger partial charge >= 0.3 is 0 Å². The van der Waals surface area contributed by atoms with Crippen LogP contribution in [0.15, 0.2) is 0 Å². The van der Waals surface area contributed by atoms with Gasteiger partial charge in [0.05, 0.1) is 6.61 Å². The third-order valence-electron chi connectivity index (χ3n) is 2.29. The molecule has 0 aromatic heterocycles. The fourth-order valence-electron chi connectivity index (χ4n) is 1.36. The molecule has 0 fully saturated rings. The number of nitrogens with one attached hydrogen (secondary N) is 1. The molecule has 0 bridgehead atoms. The summed E-state index contributed by atoms with van der Waals surface area (Å²) in [5.41, 5.74) is 0.0733. The summed E-state index contributed by atoms with van der Waals surface area (Å²) >= 11 is 0. The lowest BCUT2D eigenvalue weighted by Gasteiger charge is -2.23. The van der Waals surface area contributed by atoms with Gasteiger partial charge in [-0.15, -0.1) is 0 Å². The Morgan fingerprint density at radius 3 is 2.44 bits per heavy atom. The molecule has 1 N–H and O–H groups in total. The van der Waals surface area contributed by atoms with Gasteiger partial charge in [0.15, 0.2) is 0 Å². The van der Waals surface area contributed by atoms with Gasteiger partial charge in [0.1, 0.15) is 0 Å². The molecule has 0 radical (unpaired) electrons. The first-order valence-electron chi connectivity index (χ1n) is 5.92. The quantitative estimate of drug-likeness (QED) is 0.716. The Kier molecular flexibility index (Phi) is 7.34. The number of hydrogen-bond acceptors (Lipinski definition) is 3. The molecule has 0 atom stereocenters. The molecule has 1 amide bonds. The Morgan fingerprint density at radius 2 is 2.00 bits per heavy atom. The molecule has 0 spiro atoms. The number of methoxy groups -OCH3 is 1. The monoisotopic (exact) mass is 230 g/mol. The fourth-order valence-corrected chi connectivity index (χ4v) is 1.36. The van der Waals surface area contributed by atoms with E-state index < -0.39 is 0 Å². The van der Waals surface area contributed by atoms with Crippen molar-refractivity contribution in [1.29, 1.82) is 0 Å². The van der Waals surface area contributed by atoms with E-state index in [0.29, 0.717) is 19.6 Å². The first-order valence-corrected chi connectivity index (χ1v) is 5.92. The topological polar surface area (TPSA) is 41.6 Å². The molecular weight excluding hydrogens is 204 g/mol. The SMILES string of the molecule is CCN(CCOC)C(=O)CCNC(C)(C)C. The van der Waals surface area contributed by atoms with Crippen LogP contribution in [0.5, 0.6) is 0 Å². The summed E-state index contributed by atoms with van der Waals surface area (Å²) in [4.78, 5) is 13.6. The van der Waals surface area contributed by atoms with Crippen molar-refractivity contribution in [1.82, 2.24) is 10.2 Å². The minimum atomic E-state index is 0.0733. The lowest BCUT2D eigenvalue weighted by atomic mass is 10.1. The van der Waals surface area contributed by atoms with Crippen LogP contribution >= 0.6 is 0 Å². The first-order chi connectivity index (χ1) is 7.40. The molecule has 0 saturated heterocycles. The van der Waals surface area contributed by atoms with Crippen LogP contribution in [-0.4, -0.2) is 49.7 Å². The van der Waals surface area contributed by atoms with E-state index >= 15 is 0 Å². The summed E-state index contributed by atoms with van der Waals surface area (Å²) in [6, 6.07) is 0. The molecule has 96 valence electrons. The van der Waals surface area contributed by atoms with Gasteiger partial charge in [-0.25, -0.2) is 0 Å². The molecule has 0 saturated carbocycles. The number of carbonyl (C=O) groups excluding carboxylic acids is 1. The van der Waals surface area contributed by atoms with Crippen molar-refractivity contribution in [2.75, 3.05) is 33.4 Å². The number of rotatable bonds is 7. The van der Waals surface area contributed by atoms with Gasteiger partial charge in [-0.1, -0.05) is 0 Å². The normalized spacial score (nSPS) is 11.6. The van der Waals surface area contributed by atoms with Crippen molar-refractivity contribution >= 4 is 5.91 Å². The van der Waals surface area contributed by atoms with Gasteiger partial charge in [-0.2, -0.15) is 0 Å². The molecule has 0 aliphatic heterocycles. The number of likely N-dealkylation sites (N-methyl/N-ethyl adjacent to an activating group) is 1. The zero-order valence-electron chi connectivity index (χ0n) is 11.3. The average molecular weight is 230 g/mol. The van der Waals surface area contributed by atoms with Crippen LogP contribution in [0.3, 0.4) is 0 Å². The summed E-state index contributed by atoms with van der Waals surface area (Å²) in [6.45, 7) is 11.0. The summed E-state index contributed by atoms with van der Waals surface area (Å²) in [5.74, 6) is 0.191. The van der Waals surface area contributed by atoms with Gasteiger partial charge in [0, 0.05) is 38.7 Å². The Balaban J connectivity index is 3.84. The van der Waals surface area contributed by atoms with Crippen LogP contribution in [-0.2, 0) is 9.53 Å². The zero-order chi connectivity index (χ0) is 12.6. The van der Waals surface area contributed by atoms with Crippen LogP contribution in [0.2, 0.25) is 0 Å². The lowest BCUT2D eigenvalue weighted by Crippen LogP contribution is -2.40. The largest absolute Gasteiger partial charge is 0.383 e. The van der Waals surface area contributed by atoms with Crippen LogP contribution in [0, 0.1) is 0 Å². The number of carbonyl (C=O) groups is 1. The second-order valence-electron chi connectivity index (χ2n) is 4.89. The van der Waals surface area contributed by atoms with E-state index in [-0.39, 0.29) is 11.4 Å². The van der Waals surface area contributed by atoms with Crippen LogP contribution in [0.25, 0.3) is 0 Å². The summed E-state index contributed by atoms with van der Waals surface area (Å²) in [6.07, 6.45) is 0.550. The van der Waals surface area contributed by atoms with Crippen molar-refractivity contribution in [3.63, 3.8) is 0 Å². The Hall–Kier alpha value is -0.610. The fraction of sp³-hybridized carbons (Fsp3) is 0.917. The summed E-state index contributed by atoms with van der Waals surface area (Å²) in [7, 11) is 1.65. The number of nitrogens with zero attached hydrogens (tertiary/aromatic N) is 1. The first kappa shape index (κ1) is 15.4. The summed E-state index contributed by atoms with van der Waals surface area (Å²) < 4.78 is 4.97. The highest BCUT2D eigenvalue weighted by Crippen LogP contribution is 1.99. The smallest absolute Gasteiger partial charge is 0.223 e. The second kappa shape index (κ2) is 7.63. The molecule has 16 heavy (non-hydrogen) atoms. The zero-order valence-corrected chi connectivity index (χ0v) is 11.3. The van der Waals surface area contributed by atoms with Crippen molar-refractivity contribution in [3.8, 4) is 0 Å². The second-order valence-corrected chi connectivity index (χ2v) is 4.89. The average Bonchev–Trinajstić information content (AvgIpc) is 2.17. The number of amides is 1. The maximum absolute atomic E-state index is 11.8. The standard InChI is InChI=1S/C12H26N2O2/c1-6-14(9-10-16-5)11(15)7-8-13-12(2,3)4/h13H,6-10H2,1-5H3. The third kappa shape index (κ3) is 7.65. The van der Waals surface area contributed by atoms with Gasteiger partial charge < -0.3 is 15.0 Å². The van der Waals surface area contributed by atoms with E-state index in [0.717, 1.165) is 13.1 Å². The predicted molar refractivity (Wildman–Crippen MR) is 66.5 cm³/mol. The van der Waals surface area contributed by atoms with Gasteiger partial charge in [0.2, 0.25) is 5.91 Å². The third-order valence-corrected chi connectivity index (χ3v) is 2.29.